The number of hydrogen-bond donors (Lipinski definition) is 1. The molecule has 4 rings (SSSR count). The summed E-state index contributed by atoms with van der Waals surface area (Å²) in [5.41, 5.74) is 1.51. The first-order valence-corrected chi connectivity index (χ1v) is 11.7. The van der Waals surface area contributed by atoms with Crippen molar-refractivity contribution in [1.29, 1.82) is 0 Å². The van der Waals surface area contributed by atoms with Crippen LogP contribution in [0.4, 0.5) is 5.69 Å². The molecule has 7 nitrogen and oxygen atoms in total. The van der Waals surface area contributed by atoms with E-state index in [1.165, 1.54) is 28.2 Å². The van der Waals surface area contributed by atoms with Crippen LogP contribution in [0.5, 0.6) is 0 Å². The Kier molecular flexibility index (Phi) is 5.70. The summed E-state index contributed by atoms with van der Waals surface area (Å²) in [4.78, 5) is 14.9. The summed E-state index contributed by atoms with van der Waals surface area (Å²) in [5.74, 6) is -0.213. The number of hydrogen-bond acceptors (Lipinski definition) is 4. The molecule has 2 aliphatic heterocycles. The van der Waals surface area contributed by atoms with E-state index in [4.69, 9.17) is 11.6 Å². The molecule has 2 aliphatic rings. The highest BCUT2D eigenvalue weighted by Crippen LogP contribution is 2.29. The third-order valence-corrected chi connectivity index (χ3v) is 7.95. The topological polar surface area (TPSA) is 74.6 Å². The lowest BCUT2D eigenvalue weighted by Crippen LogP contribution is -2.41. The zero-order valence-corrected chi connectivity index (χ0v) is 17.9. The van der Waals surface area contributed by atoms with Gasteiger partial charge in [-0.25, -0.2) is 8.42 Å². The Labute approximate surface area is 176 Å². The molecule has 156 valence electrons. The van der Waals surface area contributed by atoms with Crippen molar-refractivity contribution >= 4 is 33.2 Å². The summed E-state index contributed by atoms with van der Waals surface area (Å²) >= 11 is 6.23. The van der Waals surface area contributed by atoms with Crippen LogP contribution in [0, 0.1) is 0 Å². The third kappa shape index (κ3) is 4.07. The van der Waals surface area contributed by atoms with Gasteiger partial charge in [-0.3, -0.25) is 9.69 Å². The van der Waals surface area contributed by atoms with Gasteiger partial charge < -0.3 is 9.88 Å². The van der Waals surface area contributed by atoms with Crippen LogP contribution in [-0.4, -0.2) is 54.3 Å². The summed E-state index contributed by atoms with van der Waals surface area (Å²) in [6, 6.07) is 8.68. The van der Waals surface area contributed by atoms with Crippen LogP contribution >= 0.6 is 11.6 Å². The minimum Gasteiger partial charge on any atom is -0.349 e. The molecule has 1 atom stereocenters. The van der Waals surface area contributed by atoms with Gasteiger partial charge in [-0.05, 0) is 50.1 Å². The quantitative estimate of drug-likeness (QED) is 0.781. The molecule has 1 saturated heterocycles. The molecule has 1 N–H and O–H groups in total. The van der Waals surface area contributed by atoms with Crippen LogP contribution in [0.25, 0.3) is 0 Å². The molecule has 0 aliphatic carbocycles. The van der Waals surface area contributed by atoms with E-state index in [2.05, 4.69) is 34.0 Å². The van der Waals surface area contributed by atoms with Crippen LogP contribution < -0.4 is 5.32 Å². The minimum atomic E-state index is -3.57. The number of fused-ring (bicyclic) bond motifs is 1. The Bertz CT molecular complexity index is 1010. The van der Waals surface area contributed by atoms with Gasteiger partial charge in [-0.1, -0.05) is 11.6 Å². The average molecular weight is 437 g/mol. The van der Waals surface area contributed by atoms with Gasteiger partial charge in [0, 0.05) is 44.1 Å². The Morgan fingerprint density at radius 3 is 2.69 bits per heavy atom. The lowest BCUT2D eigenvalue weighted by Gasteiger charge is -2.34. The predicted octanol–water partition coefficient (Wildman–Crippen LogP) is 2.94. The van der Waals surface area contributed by atoms with Gasteiger partial charge in [0.25, 0.3) is 0 Å². The highest BCUT2D eigenvalue weighted by atomic mass is 35.5. The normalized spacial score (nSPS) is 20.6. The molecule has 0 bridgehead atoms. The second-order valence-electron chi connectivity index (χ2n) is 7.57. The summed E-state index contributed by atoms with van der Waals surface area (Å²) in [6.45, 7) is 4.96. The first-order valence-electron chi connectivity index (χ1n) is 9.85. The van der Waals surface area contributed by atoms with Gasteiger partial charge in [0.15, 0.2) is 0 Å². The number of benzene rings is 1. The molecule has 1 fully saturated rings. The number of aromatic nitrogens is 1. The maximum atomic E-state index is 12.8. The van der Waals surface area contributed by atoms with E-state index in [0.717, 1.165) is 25.9 Å². The summed E-state index contributed by atoms with van der Waals surface area (Å²) in [7, 11) is -3.57. The van der Waals surface area contributed by atoms with Crippen molar-refractivity contribution in [3.8, 4) is 0 Å². The third-order valence-electron chi connectivity index (χ3n) is 5.73. The largest absolute Gasteiger partial charge is 0.349 e. The molecule has 9 heteroatoms. The molecule has 2 aromatic rings. The number of carbonyl (C=O) groups is 1. The highest BCUT2D eigenvalue weighted by molar-refractivity contribution is 7.89. The number of sulfonamides is 1. The van der Waals surface area contributed by atoms with Crippen molar-refractivity contribution < 1.29 is 13.2 Å². The zero-order valence-electron chi connectivity index (χ0n) is 16.3. The number of nitrogens with one attached hydrogen (secondary N) is 1. The molecule has 0 spiro atoms. The average Bonchev–Trinajstić information content (AvgIpc) is 3.38. The number of rotatable bonds is 5. The van der Waals surface area contributed by atoms with E-state index >= 15 is 0 Å². The van der Waals surface area contributed by atoms with Crippen LogP contribution in [0.1, 0.15) is 31.5 Å². The molecule has 3 heterocycles. The maximum Gasteiger partial charge on any atom is 0.243 e. The van der Waals surface area contributed by atoms with E-state index < -0.39 is 10.0 Å². The molecule has 1 aromatic carbocycles. The fourth-order valence-electron chi connectivity index (χ4n) is 4.06. The smallest absolute Gasteiger partial charge is 0.243 e. The number of halogens is 1. The zero-order chi connectivity index (χ0) is 20.6. The van der Waals surface area contributed by atoms with Crippen LogP contribution in [0.3, 0.4) is 0 Å². The second-order valence-corrected chi connectivity index (χ2v) is 9.92. The molecule has 1 aromatic heterocycles. The summed E-state index contributed by atoms with van der Waals surface area (Å²) < 4.78 is 29.3. The molecule has 29 heavy (non-hydrogen) atoms. The van der Waals surface area contributed by atoms with Gasteiger partial charge in [0.2, 0.25) is 15.9 Å². The molecular weight excluding hydrogens is 412 g/mol. The summed E-state index contributed by atoms with van der Waals surface area (Å²) in [5, 5.41) is 3.12. The first kappa shape index (κ1) is 20.4. The van der Waals surface area contributed by atoms with Gasteiger partial charge in [0.1, 0.15) is 0 Å². The number of amides is 1. The number of carbonyl (C=O) groups excluding carboxylic acids is 1. The monoisotopic (exact) mass is 436 g/mol. The minimum absolute atomic E-state index is 0.127. The Morgan fingerprint density at radius 2 is 1.93 bits per heavy atom. The Balaban J connectivity index is 1.47. The van der Waals surface area contributed by atoms with Crippen molar-refractivity contribution in [2.24, 2.45) is 0 Å². The van der Waals surface area contributed by atoms with E-state index in [1.54, 1.807) is 0 Å². The standard InChI is InChI=1S/C20H25ClN4O3S/c1-15-19-5-4-8-23(19)11-12-24(15)14-20(26)22-18-13-16(6-7-17(18)21)29(27,28)25-9-2-3-10-25/h4-8,13,15H,2-3,9-12,14H2,1H3,(H,22,26)/t15-/m0/s1. The second kappa shape index (κ2) is 8.10. The van der Waals surface area contributed by atoms with Crippen molar-refractivity contribution in [1.82, 2.24) is 13.8 Å². The first-order chi connectivity index (χ1) is 13.9. The maximum absolute atomic E-state index is 12.8. The van der Waals surface area contributed by atoms with E-state index in [9.17, 15) is 13.2 Å². The highest BCUT2D eigenvalue weighted by Gasteiger charge is 2.28. The SMILES string of the molecule is C[C@H]1c2cccn2CCN1CC(=O)Nc1cc(S(=O)(=O)N2CCCC2)ccc1Cl. The molecule has 0 radical (unpaired) electrons. The Hall–Kier alpha value is -1.87. The fraction of sp³-hybridized carbons (Fsp3) is 0.450. The van der Waals surface area contributed by atoms with E-state index in [-0.39, 0.29) is 23.4 Å². The van der Waals surface area contributed by atoms with Crippen molar-refractivity contribution in [2.75, 3.05) is 31.5 Å². The van der Waals surface area contributed by atoms with Crippen LogP contribution in [0.2, 0.25) is 5.02 Å². The van der Waals surface area contributed by atoms with Crippen LogP contribution in [-0.2, 0) is 21.4 Å². The lowest BCUT2D eigenvalue weighted by molar-refractivity contribution is -0.118. The molecule has 1 amide bonds. The summed E-state index contributed by atoms with van der Waals surface area (Å²) in [6.07, 6.45) is 3.79. The van der Waals surface area contributed by atoms with Gasteiger partial charge in [0.05, 0.1) is 22.2 Å². The Morgan fingerprint density at radius 1 is 1.17 bits per heavy atom. The molecule has 0 saturated carbocycles. The molecular formula is C20H25ClN4O3S. The van der Waals surface area contributed by atoms with Gasteiger partial charge in [-0.15, -0.1) is 0 Å². The van der Waals surface area contributed by atoms with Crippen molar-refractivity contribution in [3.63, 3.8) is 0 Å². The van der Waals surface area contributed by atoms with Crippen molar-refractivity contribution in [2.45, 2.75) is 37.2 Å². The molecule has 0 unspecified atom stereocenters. The predicted molar refractivity (Wildman–Crippen MR) is 112 cm³/mol. The van der Waals surface area contributed by atoms with E-state index in [0.29, 0.717) is 23.8 Å². The van der Waals surface area contributed by atoms with Gasteiger partial charge in [-0.2, -0.15) is 4.31 Å². The van der Waals surface area contributed by atoms with Crippen molar-refractivity contribution in [3.05, 3.63) is 47.2 Å². The number of nitrogens with zero attached hydrogens (tertiary/aromatic N) is 3. The van der Waals surface area contributed by atoms with Crippen LogP contribution in [0.15, 0.2) is 41.4 Å². The number of anilines is 1. The lowest BCUT2D eigenvalue weighted by atomic mass is 10.1. The van der Waals surface area contributed by atoms with Gasteiger partial charge >= 0.3 is 0 Å². The fourth-order valence-corrected chi connectivity index (χ4v) is 5.76. The van der Waals surface area contributed by atoms with E-state index in [1.807, 2.05) is 6.07 Å².